The first-order valence-corrected chi connectivity index (χ1v) is 6.23. The normalized spacial score (nSPS) is 14.9. The highest BCUT2D eigenvalue weighted by Gasteiger charge is 2.29. The first kappa shape index (κ1) is 13.9. The molecule has 1 rings (SSSR count). The van der Waals surface area contributed by atoms with Gasteiger partial charge in [-0.2, -0.15) is 0 Å². The number of carbonyl (C=O) groups is 1. The van der Waals surface area contributed by atoms with Crippen LogP contribution in [-0.2, 0) is 4.74 Å². The largest absolute Gasteiger partial charge is 0.453 e. The molecule has 0 aliphatic heterocycles. The summed E-state index contributed by atoms with van der Waals surface area (Å²) in [6.07, 6.45) is 5.14. The molecule has 1 atom stereocenters. The van der Waals surface area contributed by atoms with E-state index in [1.54, 1.807) is 0 Å². The number of rotatable bonds is 7. The highest BCUT2D eigenvalue weighted by atomic mass is 17.0. The molecule has 0 spiro atoms. The summed E-state index contributed by atoms with van der Waals surface area (Å²) >= 11 is 0. The Balaban J connectivity index is 2.43. The Morgan fingerprint density at radius 3 is 2.59 bits per heavy atom. The van der Waals surface area contributed by atoms with Gasteiger partial charge in [0.25, 0.3) is 0 Å². The number of carbonyl (C=O) groups excluding carboxylic acids is 1. The van der Waals surface area contributed by atoms with Crippen molar-refractivity contribution >= 4 is 5.97 Å². The topological polar surface area (TPSA) is 52.6 Å². The molecule has 1 aromatic rings. The Labute approximate surface area is 102 Å². The minimum atomic E-state index is -0.440. The molecule has 0 bridgehead atoms. The van der Waals surface area contributed by atoms with E-state index < -0.39 is 11.6 Å². The molecule has 0 saturated carbocycles. The lowest BCUT2D eigenvalue weighted by Gasteiger charge is -2.28. The fourth-order valence-electron chi connectivity index (χ4n) is 1.64. The summed E-state index contributed by atoms with van der Waals surface area (Å²) in [5.74, 6) is 0.386. The Morgan fingerprint density at radius 2 is 2.18 bits per heavy atom. The Morgan fingerprint density at radius 1 is 1.53 bits per heavy atom. The summed E-state index contributed by atoms with van der Waals surface area (Å²) in [7, 11) is 0. The second-order valence-corrected chi connectivity index (χ2v) is 5.14. The minimum absolute atomic E-state index is 0.147. The quantitative estimate of drug-likeness (QED) is 0.535. The molecule has 17 heavy (non-hydrogen) atoms. The SMILES string of the molecule is CCC(C)(CCCC(C)C)OC(=O)c1coo1. The third kappa shape index (κ3) is 4.29. The van der Waals surface area contributed by atoms with Crippen molar-refractivity contribution in [1.29, 1.82) is 0 Å². The molecular formula is C13H22O4. The zero-order chi connectivity index (χ0) is 12.9. The fraction of sp³-hybridized carbons (Fsp3) is 0.769. The zero-order valence-corrected chi connectivity index (χ0v) is 11.1. The molecule has 4 nitrogen and oxygen atoms in total. The van der Waals surface area contributed by atoms with Crippen molar-refractivity contribution < 1.29 is 18.7 Å². The lowest BCUT2D eigenvalue weighted by molar-refractivity contribution is -0.0513. The van der Waals surface area contributed by atoms with Crippen LogP contribution in [0.5, 0.6) is 0 Å². The van der Waals surface area contributed by atoms with Crippen LogP contribution in [0.15, 0.2) is 15.4 Å². The van der Waals surface area contributed by atoms with E-state index in [0.29, 0.717) is 5.92 Å². The summed E-state index contributed by atoms with van der Waals surface area (Å²) < 4.78 is 14.3. The molecule has 0 fully saturated rings. The van der Waals surface area contributed by atoms with Crippen LogP contribution in [0.3, 0.4) is 0 Å². The first-order valence-electron chi connectivity index (χ1n) is 6.23. The standard InChI is InChI=1S/C13H22O4/c1-5-13(4,8-6-7-10(2)3)16-12(14)11-9-15-17-11/h9-10H,5-8H2,1-4H3. The molecule has 0 saturated heterocycles. The van der Waals surface area contributed by atoms with Gasteiger partial charge in [0.2, 0.25) is 0 Å². The van der Waals surface area contributed by atoms with Crippen LogP contribution in [-0.4, -0.2) is 11.6 Å². The van der Waals surface area contributed by atoms with Gasteiger partial charge in [0.05, 0.1) is 0 Å². The van der Waals surface area contributed by atoms with Crippen LogP contribution in [0.1, 0.15) is 63.9 Å². The van der Waals surface area contributed by atoms with Gasteiger partial charge in [-0.25, -0.2) is 4.79 Å². The molecule has 1 heterocycles. The van der Waals surface area contributed by atoms with Crippen molar-refractivity contribution in [2.24, 2.45) is 5.92 Å². The van der Waals surface area contributed by atoms with Gasteiger partial charge in [-0.15, -0.1) is 0 Å². The van der Waals surface area contributed by atoms with E-state index in [-0.39, 0.29) is 5.76 Å². The Hall–Kier alpha value is -1.19. The van der Waals surface area contributed by atoms with Crippen molar-refractivity contribution in [1.82, 2.24) is 0 Å². The molecule has 0 aliphatic rings. The van der Waals surface area contributed by atoms with Crippen molar-refractivity contribution in [3.63, 3.8) is 0 Å². The van der Waals surface area contributed by atoms with Gasteiger partial charge in [0.1, 0.15) is 5.60 Å². The van der Waals surface area contributed by atoms with Gasteiger partial charge >= 0.3 is 11.7 Å². The van der Waals surface area contributed by atoms with Gasteiger partial charge < -0.3 is 4.74 Å². The summed E-state index contributed by atoms with van der Waals surface area (Å²) in [6, 6.07) is 0. The average Bonchev–Trinajstić information content (AvgIpc) is 2.13. The van der Waals surface area contributed by atoms with Crippen molar-refractivity contribution in [3.05, 3.63) is 12.0 Å². The van der Waals surface area contributed by atoms with Gasteiger partial charge in [0, 0.05) is 0 Å². The van der Waals surface area contributed by atoms with Crippen LogP contribution in [0.2, 0.25) is 0 Å². The molecule has 1 aromatic heterocycles. The zero-order valence-electron chi connectivity index (χ0n) is 11.1. The lowest BCUT2D eigenvalue weighted by Crippen LogP contribution is -2.31. The predicted octanol–water partition coefficient (Wildman–Crippen LogP) is 4.02. The molecule has 0 aromatic carbocycles. The van der Waals surface area contributed by atoms with Gasteiger partial charge in [-0.05, 0) is 32.1 Å². The van der Waals surface area contributed by atoms with E-state index in [1.807, 2.05) is 13.8 Å². The molecule has 0 N–H and O–H groups in total. The molecule has 0 amide bonds. The maximum absolute atomic E-state index is 11.6. The first-order chi connectivity index (χ1) is 7.97. The second-order valence-electron chi connectivity index (χ2n) is 5.14. The Bertz CT molecular complexity index is 328. The molecule has 0 radical (unpaired) electrons. The highest BCUT2D eigenvalue weighted by Crippen LogP contribution is 2.25. The maximum Gasteiger partial charge on any atom is 0.383 e. The highest BCUT2D eigenvalue weighted by molar-refractivity contribution is 5.86. The monoisotopic (exact) mass is 242 g/mol. The summed E-state index contributed by atoms with van der Waals surface area (Å²) in [5.41, 5.74) is -0.411. The van der Waals surface area contributed by atoms with E-state index in [0.717, 1.165) is 25.7 Å². The van der Waals surface area contributed by atoms with E-state index in [4.69, 9.17) is 4.74 Å². The van der Waals surface area contributed by atoms with Crippen LogP contribution in [0.4, 0.5) is 0 Å². The van der Waals surface area contributed by atoms with Crippen LogP contribution in [0.25, 0.3) is 0 Å². The van der Waals surface area contributed by atoms with Crippen LogP contribution in [0, 0.1) is 5.92 Å². The van der Waals surface area contributed by atoms with Crippen LogP contribution >= 0.6 is 0 Å². The van der Waals surface area contributed by atoms with Crippen molar-refractivity contribution in [2.45, 2.75) is 59.0 Å². The van der Waals surface area contributed by atoms with E-state index >= 15 is 0 Å². The summed E-state index contributed by atoms with van der Waals surface area (Å²) in [4.78, 5) is 11.6. The molecular weight excluding hydrogens is 220 g/mol. The van der Waals surface area contributed by atoms with Crippen molar-refractivity contribution in [2.75, 3.05) is 0 Å². The fourth-order valence-corrected chi connectivity index (χ4v) is 1.64. The third-order valence-corrected chi connectivity index (χ3v) is 3.07. The predicted molar refractivity (Wildman–Crippen MR) is 63.8 cm³/mol. The van der Waals surface area contributed by atoms with Gasteiger partial charge in [0.15, 0.2) is 6.26 Å². The average molecular weight is 242 g/mol. The molecule has 0 aliphatic carbocycles. The van der Waals surface area contributed by atoms with Gasteiger partial charge in [-0.1, -0.05) is 27.2 Å². The summed E-state index contributed by atoms with van der Waals surface area (Å²) in [6.45, 7) is 8.37. The minimum Gasteiger partial charge on any atom is -0.453 e. The maximum atomic E-state index is 11.6. The molecule has 1 unspecified atom stereocenters. The number of hydrogen-bond donors (Lipinski definition) is 0. The van der Waals surface area contributed by atoms with E-state index in [1.165, 1.54) is 6.26 Å². The lowest BCUT2D eigenvalue weighted by atomic mass is 9.93. The van der Waals surface area contributed by atoms with E-state index in [9.17, 15) is 4.79 Å². The van der Waals surface area contributed by atoms with Gasteiger partial charge in [-0.3, -0.25) is 9.15 Å². The van der Waals surface area contributed by atoms with Crippen LogP contribution < -0.4 is 0 Å². The second kappa shape index (κ2) is 5.94. The number of ether oxygens (including phenoxy) is 1. The number of esters is 1. The smallest absolute Gasteiger partial charge is 0.383 e. The molecule has 4 heteroatoms. The van der Waals surface area contributed by atoms with E-state index in [2.05, 4.69) is 23.0 Å². The number of hydrogen-bond acceptors (Lipinski definition) is 4. The van der Waals surface area contributed by atoms with Crippen molar-refractivity contribution in [3.8, 4) is 0 Å². The Kier molecular flexibility index (Phi) is 4.85. The summed E-state index contributed by atoms with van der Waals surface area (Å²) in [5, 5.41) is 0. The molecule has 98 valence electrons. The third-order valence-electron chi connectivity index (χ3n) is 3.07.